The molecule has 0 aliphatic carbocycles. The Hall–Kier alpha value is -3.15. The fourth-order valence-electron chi connectivity index (χ4n) is 2.27. The van der Waals surface area contributed by atoms with Gasteiger partial charge in [-0.05, 0) is 24.3 Å². The molecule has 0 saturated heterocycles. The van der Waals surface area contributed by atoms with Gasteiger partial charge in [0, 0.05) is 11.1 Å². The first-order valence-electron chi connectivity index (χ1n) is 7.45. The van der Waals surface area contributed by atoms with Gasteiger partial charge in [0.15, 0.2) is 0 Å². The maximum atomic E-state index is 10.8. The lowest BCUT2D eigenvalue weighted by Crippen LogP contribution is -2.07. The van der Waals surface area contributed by atoms with Gasteiger partial charge < -0.3 is 10.4 Å². The third kappa shape index (κ3) is 3.78. The van der Waals surface area contributed by atoms with Crippen molar-refractivity contribution in [2.24, 2.45) is 5.10 Å². The highest BCUT2D eigenvalue weighted by Crippen LogP contribution is 2.17. The molecule has 0 heterocycles. The first-order chi connectivity index (χ1) is 11.7. The Morgan fingerprint density at radius 2 is 1.29 bits per heavy atom. The summed E-state index contributed by atoms with van der Waals surface area (Å²) in [5, 5.41) is 24.0. The molecule has 0 bridgehead atoms. The molecule has 0 amide bonds. The zero-order valence-corrected chi connectivity index (χ0v) is 12.8. The van der Waals surface area contributed by atoms with Crippen LogP contribution in [0, 0.1) is 5.21 Å². The van der Waals surface area contributed by atoms with E-state index < -0.39 is 0 Å². The van der Waals surface area contributed by atoms with Gasteiger partial charge in [0.25, 0.3) is 0 Å². The Balaban J connectivity index is 1.90. The molecule has 5 nitrogen and oxygen atoms in total. The number of rotatable bonds is 5. The largest absolute Gasteiger partial charge is 0.733 e. The van der Waals surface area contributed by atoms with Gasteiger partial charge in [-0.15, -0.1) is 0 Å². The minimum atomic E-state index is -0.174. The van der Waals surface area contributed by atoms with E-state index in [-0.39, 0.29) is 10.9 Å². The van der Waals surface area contributed by atoms with E-state index in [9.17, 15) is 5.21 Å². The Labute approximate surface area is 140 Å². The molecule has 24 heavy (non-hydrogen) atoms. The Morgan fingerprint density at radius 1 is 0.792 bits per heavy atom. The molecule has 0 saturated carbocycles. The van der Waals surface area contributed by atoms with Gasteiger partial charge in [-0.3, -0.25) is 10.6 Å². The maximum absolute atomic E-state index is 10.8. The van der Waals surface area contributed by atoms with Gasteiger partial charge in [-0.25, -0.2) is 0 Å². The van der Waals surface area contributed by atoms with Crippen LogP contribution in [0.1, 0.15) is 11.1 Å². The summed E-state index contributed by atoms with van der Waals surface area (Å²) in [6, 6.07) is 26.1. The van der Waals surface area contributed by atoms with Crippen molar-refractivity contribution < 1.29 is 5.21 Å². The van der Waals surface area contributed by atoms with E-state index in [0.29, 0.717) is 5.69 Å². The molecule has 2 N–H and O–H groups in total. The van der Waals surface area contributed by atoms with Crippen LogP contribution in [0.2, 0.25) is 0 Å². The van der Waals surface area contributed by atoms with Crippen LogP contribution in [0.3, 0.4) is 0 Å². The summed E-state index contributed by atoms with van der Waals surface area (Å²) in [6.07, 6.45) is 0. The fourth-order valence-corrected chi connectivity index (χ4v) is 2.27. The Kier molecular flexibility index (Phi) is 4.86. The average molecular weight is 318 g/mol. The zero-order chi connectivity index (χ0) is 16.8. The highest BCUT2D eigenvalue weighted by molar-refractivity contribution is 6.13. The van der Waals surface area contributed by atoms with Gasteiger partial charge in [-0.2, -0.15) is 5.10 Å². The van der Waals surface area contributed by atoms with Gasteiger partial charge in [0.1, 0.15) is 0 Å². The third-order valence-electron chi connectivity index (χ3n) is 3.48. The van der Waals surface area contributed by atoms with Crippen molar-refractivity contribution in [2.45, 2.75) is 0 Å². The molecule has 3 rings (SSSR count). The zero-order valence-electron chi connectivity index (χ0n) is 12.8. The van der Waals surface area contributed by atoms with Crippen LogP contribution in [0.4, 0.5) is 11.4 Å². The normalized spacial score (nSPS) is 10.1. The standard InChI is InChI=1S/C19H16N3O2/c23-22(24)18-13-11-17(12-14-18)20-21-19(15-7-3-1-4-8-15)16-9-5-2-6-10-16/h1-14,20,23H/q-1. The quantitative estimate of drug-likeness (QED) is 0.545. The second-order valence-corrected chi connectivity index (χ2v) is 5.12. The van der Waals surface area contributed by atoms with Crippen molar-refractivity contribution in [1.29, 1.82) is 0 Å². The topological polar surface area (TPSA) is 70.9 Å². The summed E-state index contributed by atoms with van der Waals surface area (Å²) in [4.78, 5) is 0. The molecule has 0 atom stereocenters. The number of hydrogen-bond acceptors (Lipinski definition) is 5. The number of hydrogen-bond donors (Lipinski definition) is 2. The molecular formula is C19H16N3O2-. The van der Waals surface area contributed by atoms with Crippen LogP contribution in [-0.2, 0) is 0 Å². The Bertz CT molecular complexity index is 760. The number of nitrogens with one attached hydrogen (secondary N) is 1. The van der Waals surface area contributed by atoms with Crippen molar-refractivity contribution in [1.82, 2.24) is 0 Å². The summed E-state index contributed by atoms with van der Waals surface area (Å²) in [5.74, 6) is 0. The monoisotopic (exact) mass is 318 g/mol. The van der Waals surface area contributed by atoms with E-state index in [1.807, 2.05) is 60.7 Å². The Morgan fingerprint density at radius 3 is 1.75 bits per heavy atom. The van der Waals surface area contributed by atoms with E-state index in [1.165, 1.54) is 12.1 Å². The van der Waals surface area contributed by atoms with Crippen LogP contribution in [0.15, 0.2) is 90.0 Å². The SMILES string of the molecule is [O-]N(O)c1ccc(NN=C(c2ccccc2)c2ccccc2)cc1. The second kappa shape index (κ2) is 7.41. The summed E-state index contributed by atoms with van der Waals surface area (Å²) in [5.41, 5.74) is 6.67. The van der Waals surface area contributed by atoms with E-state index in [1.54, 1.807) is 12.1 Å². The summed E-state index contributed by atoms with van der Waals surface area (Å²) >= 11 is 0. The van der Waals surface area contributed by atoms with E-state index in [0.717, 1.165) is 16.8 Å². The van der Waals surface area contributed by atoms with Gasteiger partial charge in [0.05, 0.1) is 17.1 Å². The summed E-state index contributed by atoms with van der Waals surface area (Å²) in [6.45, 7) is 0. The van der Waals surface area contributed by atoms with Crippen LogP contribution in [-0.4, -0.2) is 10.9 Å². The average Bonchev–Trinajstić information content (AvgIpc) is 2.64. The predicted octanol–water partition coefficient (Wildman–Crippen LogP) is 4.24. The molecule has 3 aromatic rings. The van der Waals surface area contributed by atoms with Crippen LogP contribution in [0.5, 0.6) is 0 Å². The molecule has 120 valence electrons. The first kappa shape index (κ1) is 15.7. The lowest BCUT2D eigenvalue weighted by Gasteiger charge is -2.21. The summed E-state index contributed by atoms with van der Waals surface area (Å²) < 4.78 is 0. The molecule has 3 aromatic carbocycles. The van der Waals surface area contributed by atoms with Crippen molar-refractivity contribution in [3.05, 3.63) is 101 Å². The maximum Gasteiger partial charge on any atom is 0.0977 e. The van der Waals surface area contributed by atoms with E-state index >= 15 is 0 Å². The smallest absolute Gasteiger partial charge is 0.0977 e. The molecule has 0 aliphatic heterocycles. The molecule has 5 heteroatoms. The number of anilines is 2. The summed E-state index contributed by atoms with van der Waals surface area (Å²) in [7, 11) is 0. The van der Waals surface area contributed by atoms with Gasteiger partial charge >= 0.3 is 0 Å². The third-order valence-corrected chi connectivity index (χ3v) is 3.48. The number of benzene rings is 3. The highest BCUT2D eigenvalue weighted by atomic mass is 16.8. The van der Waals surface area contributed by atoms with Crippen LogP contribution < -0.4 is 10.7 Å². The molecule has 0 radical (unpaired) electrons. The number of nitrogens with zero attached hydrogens (tertiary/aromatic N) is 2. The fraction of sp³-hybridized carbons (Fsp3) is 0. The van der Waals surface area contributed by atoms with Crippen molar-refractivity contribution in [3.63, 3.8) is 0 Å². The lowest BCUT2D eigenvalue weighted by molar-refractivity contribution is 0.296. The van der Waals surface area contributed by atoms with Crippen molar-refractivity contribution in [3.8, 4) is 0 Å². The van der Waals surface area contributed by atoms with Crippen LogP contribution >= 0.6 is 0 Å². The van der Waals surface area contributed by atoms with E-state index in [2.05, 4.69) is 10.5 Å². The van der Waals surface area contributed by atoms with Crippen molar-refractivity contribution in [2.75, 3.05) is 10.7 Å². The molecule has 0 unspecified atom stereocenters. The van der Waals surface area contributed by atoms with Gasteiger partial charge in [-0.1, -0.05) is 60.7 Å². The molecule has 0 spiro atoms. The second-order valence-electron chi connectivity index (χ2n) is 5.12. The van der Waals surface area contributed by atoms with Gasteiger partial charge in [0.2, 0.25) is 0 Å². The highest BCUT2D eigenvalue weighted by Gasteiger charge is 2.06. The lowest BCUT2D eigenvalue weighted by atomic mass is 10.0. The minimum absolute atomic E-state index is 0.163. The molecule has 0 aliphatic rings. The van der Waals surface area contributed by atoms with E-state index in [4.69, 9.17) is 5.21 Å². The first-order valence-corrected chi connectivity index (χ1v) is 7.45. The number of hydrazone groups is 1. The minimum Gasteiger partial charge on any atom is -0.733 e. The van der Waals surface area contributed by atoms with Crippen molar-refractivity contribution >= 4 is 17.1 Å². The predicted molar refractivity (Wildman–Crippen MR) is 96.2 cm³/mol. The van der Waals surface area contributed by atoms with Crippen LogP contribution in [0.25, 0.3) is 0 Å². The molecular weight excluding hydrogens is 302 g/mol. The molecule has 0 fully saturated rings. The molecule has 0 aromatic heterocycles.